The highest BCUT2D eigenvalue weighted by atomic mass is 35.5. The van der Waals surface area contributed by atoms with Crippen molar-refractivity contribution in [2.24, 2.45) is 4.99 Å². The third-order valence-corrected chi connectivity index (χ3v) is 2.01. The fourth-order valence-corrected chi connectivity index (χ4v) is 1.18. The van der Waals surface area contributed by atoms with Crippen LogP contribution < -0.4 is 5.32 Å². The van der Waals surface area contributed by atoms with Crippen LogP contribution in [0.15, 0.2) is 9.62 Å². The molecule has 7 nitrogen and oxygen atoms in total. The lowest BCUT2D eigenvalue weighted by molar-refractivity contribution is 0.197. The van der Waals surface area contributed by atoms with Crippen molar-refractivity contribution in [3.63, 3.8) is 0 Å². The van der Waals surface area contributed by atoms with E-state index in [0.29, 0.717) is 19.0 Å². The molecular formula is C8H13ClN4O3. The van der Waals surface area contributed by atoms with E-state index in [1.165, 1.54) is 0 Å². The van der Waals surface area contributed by atoms with Crippen LogP contribution in [0.1, 0.15) is 12.1 Å². The first kappa shape index (κ1) is 12.9. The molecule has 0 bridgehead atoms. The van der Waals surface area contributed by atoms with Crippen LogP contribution in [0, 0.1) is 0 Å². The normalized spacial score (nSPS) is 11.8. The van der Waals surface area contributed by atoms with Crippen LogP contribution in [0.3, 0.4) is 0 Å². The molecule has 0 saturated heterocycles. The quantitative estimate of drug-likeness (QED) is 0.538. The Kier molecular flexibility index (Phi) is 5.76. The zero-order valence-corrected chi connectivity index (χ0v) is 9.57. The van der Waals surface area contributed by atoms with Crippen molar-refractivity contribution >= 4 is 22.6 Å². The van der Waals surface area contributed by atoms with Crippen molar-refractivity contribution in [2.45, 2.75) is 6.42 Å². The SMILES string of the molecule is COCCCNc1nonc1/C(Cl)=N/CO. The van der Waals surface area contributed by atoms with E-state index in [0.717, 1.165) is 6.42 Å². The summed E-state index contributed by atoms with van der Waals surface area (Å²) >= 11 is 5.76. The summed E-state index contributed by atoms with van der Waals surface area (Å²) in [6.45, 7) is 0.888. The van der Waals surface area contributed by atoms with Crippen LogP contribution in [0.25, 0.3) is 0 Å². The number of rotatable bonds is 7. The molecule has 0 unspecified atom stereocenters. The lowest BCUT2D eigenvalue weighted by Gasteiger charge is -2.02. The number of nitrogens with zero attached hydrogens (tertiary/aromatic N) is 3. The molecule has 0 radical (unpaired) electrons. The van der Waals surface area contributed by atoms with Gasteiger partial charge in [0.1, 0.15) is 6.73 Å². The molecule has 0 aliphatic carbocycles. The largest absolute Gasteiger partial charge is 0.385 e. The summed E-state index contributed by atoms with van der Waals surface area (Å²) < 4.78 is 9.42. The second kappa shape index (κ2) is 7.15. The highest BCUT2D eigenvalue weighted by Gasteiger charge is 2.13. The van der Waals surface area contributed by atoms with Crippen LogP contribution >= 0.6 is 11.6 Å². The minimum Gasteiger partial charge on any atom is -0.385 e. The van der Waals surface area contributed by atoms with E-state index in [9.17, 15) is 0 Å². The molecule has 8 heteroatoms. The molecule has 2 N–H and O–H groups in total. The zero-order chi connectivity index (χ0) is 11.8. The highest BCUT2D eigenvalue weighted by Crippen LogP contribution is 2.12. The number of anilines is 1. The Morgan fingerprint density at radius 1 is 1.62 bits per heavy atom. The second-order valence-electron chi connectivity index (χ2n) is 2.82. The fraction of sp³-hybridized carbons (Fsp3) is 0.625. The predicted molar refractivity (Wildman–Crippen MR) is 58.8 cm³/mol. The van der Waals surface area contributed by atoms with Gasteiger partial charge >= 0.3 is 0 Å². The number of aliphatic hydroxyl groups excluding tert-OH is 1. The van der Waals surface area contributed by atoms with E-state index in [2.05, 4.69) is 25.3 Å². The topological polar surface area (TPSA) is 92.8 Å². The van der Waals surface area contributed by atoms with Crippen molar-refractivity contribution in [2.75, 3.05) is 32.3 Å². The summed E-state index contributed by atoms with van der Waals surface area (Å²) in [5.74, 6) is 0.401. The van der Waals surface area contributed by atoms with Gasteiger partial charge in [-0.15, -0.1) is 0 Å². The minimum absolute atomic E-state index is 0.0537. The molecule has 0 aliphatic heterocycles. The number of aliphatic imine (C=N–C) groups is 1. The summed E-state index contributed by atoms with van der Waals surface area (Å²) in [6, 6.07) is 0. The molecule has 0 saturated carbocycles. The first-order chi connectivity index (χ1) is 7.79. The van der Waals surface area contributed by atoms with Gasteiger partial charge < -0.3 is 15.2 Å². The number of hydrogen-bond donors (Lipinski definition) is 2. The van der Waals surface area contributed by atoms with Crippen molar-refractivity contribution in [3.8, 4) is 0 Å². The van der Waals surface area contributed by atoms with E-state index in [-0.39, 0.29) is 10.9 Å². The highest BCUT2D eigenvalue weighted by molar-refractivity contribution is 6.69. The third-order valence-electron chi connectivity index (χ3n) is 1.71. The van der Waals surface area contributed by atoms with E-state index in [1.807, 2.05) is 0 Å². The fourth-order valence-electron chi connectivity index (χ4n) is 1.00. The van der Waals surface area contributed by atoms with Gasteiger partial charge in [0, 0.05) is 20.3 Å². The molecule has 1 aromatic rings. The molecule has 1 aromatic heterocycles. The van der Waals surface area contributed by atoms with Crippen LogP contribution in [-0.4, -0.2) is 47.6 Å². The Morgan fingerprint density at radius 2 is 2.44 bits per heavy atom. The van der Waals surface area contributed by atoms with E-state index >= 15 is 0 Å². The van der Waals surface area contributed by atoms with Gasteiger partial charge in [-0.25, -0.2) is 9.62 Å². The smallest absolute Gasteiger partial charge is 0.201 e. The number of aromatic nitrogens is 2. The Balaban J connectivity index is 2.53. The van der Waals surface area contributed by atoms with E-state index < -0.39 is 6.73 Å². The van der Waals surface area contributed by atoms with Crippen molar-refractivity contribution in [1.82, 2.24) is 10.3 Å². The monoisotopic (exact) mass is 248 g/mol. The Labute approximate surface area is 97.4 Å². The first-order valence-electron chi connectivity index (χ1n) is 4.66. The van der Waals surface area contributed by atoms with Gasteiger partial charge in [-0.2, -0.15) is 0 Å². The number of nitrogens with one attached hydrogen (secondary N) is 1. The van der Waals surface area contributed by atoms with Crippen molar-refractivity contribution < 1.29 is 14.5 Å². The first-order valence-corrected chi connectivity index (χ1v) is 5.04. The molecule has 0 amide bonds. The molecule has 0 spiro atoms. The summed E-state index contributed by atoms with van der Waals surface area (Å²) in [7, 11) is 1.63. The van der Waals surface area contributed by atoms with Crippen LogP contribution in [0.5, 0.6) is 0 Å². The minimum atomic E-state index is -0.408. The number of hydrogen-bond acceptors (Lipinski definition) is 7. The maximum atomic E-state index is 8.58. The molecule has 0 atom stereocenters. The number of aliphatic hydroxyl groups is 1. The Bertz CT molecular complexity index is 342. The maximum Gasteiger partial charge on any atom is 0.201 e. The maximum absolute atomic E-state index is 8.58. The van der Waals surface area contributed by atoms with Gasteiger partial charge in [-0.05, 0) is 16.7 Å². The lowest BCUT2D eigenvalue weighted by atomic mass is 10.4. The van der Waals surface area contributed by atoms with Gasteiger partial charge in [-0.3, -0.25) is 0 Å². The van der Waals surface area contributed by atoms with Crippen molar-refractivity contribution in [3.05, 3.63) is 5.69 Å². The van der Waals surface area contributed by atoms with Gasteiger partial charge in [0.15, 0.2) is 10.9 Å². The number of ether oxygens (including phenoxy) is 1. The molecule has 90 valence electrons. The van der Waals surface area contributed by atoms with Crippen LogP contribution in [-0.2, 0) is 4.74 Å². The second-order valence-corrected chi connectivity index (χ2v) is 3.18. The average Bonchev–Trinajstić information content (AvgIpc) is 2.73. The molecule has 0 fully saturated rings. The number of methoxy groups -OCH3 is 1. The summed E-state index contributed by atoms with van der Waals surface area (Å²) in [5, 5.41) is 18.8. The molecule has 16 heavy (non-hydrogen) atoms. The molecule has 1 rings (SSSR count). The van der Waals surface area contributed by atoms with E-state index in [4.69, 9.17) is 21.4 Å². The van der Waals surface area contributed by atoms with Gasteiger partial charge in [0.05, 0.1) is 0 Å². The zero-order valence-electron chi connectivity index (χ0n) is 8.81. The summed E-state index contributed by atoms with van der Waals surface area (Å²) in [6.07, 6.45) is 0.817. The Hall–Kier alpha value is -1.18. The van der Waals surface area contributed by atoms with Gasteiger partial charge in [0.2, 0.25) is 5.82 Å². The van der Waals surface area contributed by atoms with E-state index in [1.54, 1.807) is 7.11 Å². The predicted octanol–water partition coefficient (Wildman–Crippen LogP) is 0.453. The molecule has 0 aromatic carbocycles. The average molecular weight is 249 g/mol. The summed E-state index contributed by atoms with van der Waals surface area (Å²) in [5.41, 5.74) is 0.285. The molecule has 1 heterocycles. The summed E-state index contributed by atoms with van der Waals surface area (Å²) in [4.78, 5) is 3.58. The number of halogens is 1. The third kappa shape index (κ3) is 3.76. The van der Waals surface area contributed by atoms with Gasteiger partial charge in [-0.1, -0.05) is 11.6 Å². The van der Waals surface area contributed by atoms with Crippen LogP contribution in [0.2, 0.25) is 0 Å². The van der Waals surface area contributed by atoms with Crippen molar-refractivity contribution in [1.29, 1.82) is 0 Å². The van der Waals surface area contributed by atoms with Crippen LogP contribution in [0.4, 0.5) is 5.82 Å². The Morgan fingerprint density at radius 3 is 3.12 bits per heavy atom. The van der Waals surface area contributed by atoms with Gasteiger partial charge in [0.25, 0.3) is 0 Å². The molecular weight excluding hydrogens is 236 g/mol. The standard InChI is InChI=1S/C8H13ClN4O3/c1-15-4-2-3-10-8-6(12-16-13-8)7(9)11-5-14/h14H,2-5H2,1H3,(H,10,13)/b11-7-. The lowest BCUT2D eigenvalue weighted by Crippen LogP contribution is -2.08. The molecule has 0 aliphatic rings.